The van der Waals surface area contributed by atoms with Gasteiger partial charge in [0, 0.05) is 25.7 Å². The Hall–Kier alpha value is -2.46. The highest BCUT2D eigenvalue weighted by Crippen LogP contribution is 2.45. The van der Waals surface area contributed by atoms with Gasteiger partial charge in [-0.15, -0.1) is 0 Å². The van der Waals surface area contributed by atoms with Crippen LogP contribution in [0.25, 0.3) is 0 Å². The number of carbonyl (C=O) groups is 4. The van der Waals surface area contributed by atoms with E-state index in [1.54, 1.807) is 0 Å². The predicted molar refractivity (Wildman–Crippen MR) is 428 cm³/mol. The van der Waals surface area contributed by atoms with E-state index < -0.39 is 97.5 Å². The van der Waals surface area contributed by atoms with Gasteiger partial charge in [-0.25, -0.2) is 9.13 Å². The van der Waals surface area contributed by atoms with Gasteiger partial charge in [0.25, 0.3) is 0 Å². The Labute approximate surface area is 637 Å². The van der Waals surface area contributed by atoms with Gasteiger partial charge >= 0.3 is 39.5 Å². The number of ether oxygens (including phenoxy) is 4. The average Bonchev–Trinajstić information content (AvgIpc) is 0.917. The van der Waals surface area contributed by atoms with Gasteiger partial charge in [0.05, 0.1) is 26.4 Å². The number of aliphatic hydroxyl groups excluding tert-OH is 1. The lowest BCUT2D eigenvalue weighted by Gasteiger charge is -2.21. The molecular formula is C85H162O17P2. The van der Waals surface area contributed by atoms with Crippen molar-refractivity contribution in [2.24, 2.45) is 5.92 Å². The van der Waals surface area contributed by atoms with E-state index in [0.717, 1.165) is 109 Å². The van der Waals surface area contributed by atoms with Crippen LogP contribution in [0.2, 0.25) is 0 Å². The van der Waals surface area contributed by atoms with Crippen molar-refractivity contribution >= 4 is 39.5 Å². The maximum atomic E-state index is 13.1. The largest absolute Gasteiger partial charge is 0.472 e. The molecule has 17 nitrogen and oxygen atoms in total. The molecule has 614 valence electrons. The number of unbranched alkanes of at least 4 members (excludes halogenated alkanes) is 52. The third-order valence-corrected chi connectivity index (χ3v) is 21.3. The second-order valence-corrected chi connectivity index (χ2v) is 33.3. The van der Waals surface area contributed by atoms with Crippen molar-refractivity contribution in [1.29, 1.82) is 0 Å². The smallest absolute Gasteiger partial charge is 0.462 e. The third-order valence-electron chi connectivity index (χ3n) is 19.4. The third kappa shape index (κ3) is 77.7. The quantitative estimate of drug-likeness (QED) is 0.0169. The van der Waals surface area contributed by atoms with E-state index in [4.69, 9.17) is 37.0 Å². The molecule has 0 aromatic heterocycles. The molecular weight excluding hydrogens is 1350 g/mol. The van der Waals surface area contributed by atoms with Crippen LogP contribution in [0.5, 0.6) is 0 Å². The van der Waals surface area contributed by atoms with E-state index in [9.17, 15) is 43.2 Å². The van der Waals surface area contributed by atoms with Crippen LogP contribution < -0.4 is 0 Å². The summed E-state index contributed by atoms with van der Waals surface area (Å²) < 4.78 is 68.8. The highest BCUT2D eigenvalue weighted by molar-refractivity contribution is 7.47. The lowest BCUT2D eigenvalue weighted by Crippen LogP contribution is -2.30. The van der Waals surface area contributed by atoms with E-state index in [-0.39, 0.29) is 25.7 Å². The van der Waals surface area contributed by atoms with E-state index >= 15 is 0 Å². The Balaban J connectivity index is 5.25. The minimum atomic E-state index is -4.97. The minimum Gasteiger partial charge on any atom is -0.462 e. The summed E-state index contributed by atoms with van der Waals surface area (Å²) >= 11 is 0. The van der Waals surface area contributed by atoms with Crippen molar-refractivity contribution in [3.63, 3.8) is 0 Å². The fourth-order valence-electron chi connectivity index (χ4n) is 12.8. The first-order valence-electron chi connectivity index (χ1n) is 43.5. The van der Waals surface area contributed by atoms with E-state index in [1.165, 1.54) is 244 Å². The molecule has 5 atom stereocenters. The maximum Gasteiger partial charge on any atom is 0.472 e. The molecule has 19 heteroatoms. The van der Waals surface area contributed by atoms with Gasteiger partial charge in [-0.1, -0.05) is 380 Å². The molecule has 0 amide bonds. The molecule has 0 fully saturated rings. The van der Waals surface area contributed by atoms with Gasteiger partial charge < -0.3 is 33.8 Å². The molecule has 3 N–H and O–H groups in total. The van der Waals surface area contributed by atoms with Gasteiger partial charge in [0.2, 0.25) is 0 Å². The second-order valence-electron chi connectivity index (χ2n) is 30.4. The minimum absolute atomic E-state index is 0.0856. The summed E-state index contributed by atoms with van der Waals surface area (Å²) in [4.78, 5) is 73.1. The molecule has 104 heavy (non-hydrogen) atoms. The topological polar surface area (TPSA) is 237 Å². The van der Waals surface area contributed by atoms with Gasteiger partial charge in [0.1, 0.15) is 19.3 Å². The summed E-state index contributed by atoms with van der Waals surface area (Å²) in [5.74, 6) is -1.31. The number of rotatable bonds is 83. The Morgan fingerprint density at radius 1 is 0.298 bits per heavy atom. The standard InChI is InChI=1S/C85H162O17P2/c1-6-9-12-15-18-21-24-26-28-29-33-37-40-44-49-54-59-64-69-83(88)96-75-81(102-85(90)71-66-61-56-51-46-42-38-34-31-30-32-36-39-43-47-52-57-62-67-78(4)5)77-100-104(93,94)98-73-79(86)72-97-103(91,92)99-76-80(74-95-82(87)68-63-58-53-48-23-20-17-14-11-8-3)101-84(89)70-65-60-55-50-45-41-35-27-25-22-19-16-13-10-7-2/h22,25,27,35,78-81,86H,6-21,23-24,26,28-34,36-77H2,1-5H3,(H,91,92)(H,93,94)/b25-22-,35-27-/t79-,80+,81+/m0/s1. The van der Waals surface area contributed by atoms with Crippen LogP contribution in [0.4, 0.5) is 0 Å². The van der Waals surface area contributed by atoms with E-state index in [1.807, 2.05) is 0 Å². The van der Waals surface area contributed by atoms with Crippen LogP contribution >= 0.6 is 15.6 Å². The zero-order valence-corrected chi connectivity index (χ0v) is 69.4. The number of carbonyl (C=O) groups excluding carboxylic acids is 4. The van der Waals surface area contributed by atoms with Gasteiger partial charge in [-0.3, -0.25) is 37.3 Å². The molecule has 0 aliphatic carbocycles. The number of hydrogen-bond donors (Lipinski definition) is 3. The van der Waals surface area contributed by atoms with E-state index in [0.29, 0.717) is 25.7 Å². The average molecular weight is 1520 g/mol. The Kier molecular flexibility index (Phi) is 75.4. The molecule has 2 unspecified atom stereocenters. The molecule has 0 aromatic rings. The molecule has 0 bridgehead atoms. The lowest BCUT2D eigenvalue weighted by atomic mass is 10.0. The number of esters is 4. The SMILES string of the molecule is CCCCCC/C=C\C=C/CCCCCCCC(=O)O[C@H](COC(=O)CCCCCCCCCCCC)COP(=O)(O)OC[C@H](O)COP(=O)(O)OC[C@@H](COC(=O)CCCCCCCCCCCCCCCCCCCC)OC(=O)CCCCCCCCCCCCCCCCCCCCC(C)C. The van der Waals surface area contributed by atoms with Crippen LogP contribution in [0.1, 0.15) is 433 Å². The van der Waals surface area contributed by atoms with Crippen LogP contribution in [0.3, 0.4) is 0 Å². The fourth-order valence-corrected chi connectivity index (χ4v) is 14.3. The van der Waals surface area contributed by atoms with Crippen LogP contribution in [-0.2, 0) is 65.4 Å². The van der Waals surface area contributed by atoms with Crippen molar-refractivity contribution < 1.29 is 80.2 Å². The Morgan fingerprint density at radius 2 is 0.519 bits per heavy atom. The first-order valence-corrected chi connectivity index (χ1v) is 46.4. The van der Waals surface area contributed by atoms with Crippen molar-refractivity contribution in [3.05, 3.63) is 24.3 Å². The van der Waals surface area contributed by atoms with Crippen molar-refractivity contribution in [3.8, 4) is 0 Å². The first-order chi connectivity index (χ1) is 50.5. The molecule has 0 spiro atoms. The molecule has 0 saturated carbocycles. The zero-order valence-electron chi connectivity index (χ0n) is 67.7. The summed E-state index contributed by atoms with van der Waals surface area (Å²) in [7, 11) is -9.94. The molecule has 0 heterocycles. The highest BCUT2D eigenvalue weighted by Gasteiger charge is 2.30. The molecule has 0 radical (unpaired) electrons. The summed E-state index contributed by atoms with van der Waals surface area (Å²) in [6.45, 7) is 7.32. The molecule has 0 rings (SSSR count). The number of aliphatic hydroxyl groups is 1. The molecule has 0 saturated heterocycles. The number of phosphoric acid groups is 2. The zero-order chi connectivity index (χ0) is 76.2. The van der Waals surface area contributed by atoms with Crippen LogP contribution in [0, 0.1) is 5.92 Å². The summed E-state index contributed by atoms with van der Waals surface area (Å²) in [6.07, 6.45) is 73.0. The first kappa shape index (κ1) is 102. The fraction of sp³-hybridized carbons (Fsp3) is 0.906. The van der Waals surface area contributed by atoms with Crippen LogP contribution in [-0.4, -0.2) is 96.7 Å². The highest BCUT2D eigenvalue weighted by atomic mass is 31.2. The van der Waals surface area contributed by atoms with Gasteiger partial charge in [0.15, 0.2) is 12.2 Å². The maximum absolute atomic E-state index is 13.1. The van der Waals surface area contributed by atoms with E-state index in [2.05, 4.69) is 58.9 Å². The Morgan fingerprint density at radius 3 is 0.788 bits per heavy atom. The molecule has 0 aliphatic rings. The monoisotopic (exact) mass is 1520 g/mol. The normalized spacial score (nSPS) is 13.9. The number of phosphoric ester groups is 2. The predicted octanol–water partition coefficient (Wildman–Crippen LogP) is 25.5. The number of allylic oxidation sites excluding steroid dienone is 4. The van der Waals surface area contributed by atoms with Crippen molar-refractivity contribution in [2.75, 3.05) is 39.6 Å². The van der Waals surface area contributed by atoms with Crippen molar-refractivity contribution in [1.82, 2.24) is 0 Å². The molecule has 0 aliphatic heterocycles. The summed E-state index contributed by atoms with van der Waals surface area (Å²) in [5, 5.41) is 10.7. The van der Waals surface area contributed by atoms with Crippen molar-refractivity contribution in [2.45, 2.75) is 451 Å². The summed E-state index contributed by atoms with van der Waals surface area (Å²) in [5.41, 5.74) is 0. The lowest BCUT2D eigenvalue weighted by molar-refractivity contribution is -0.161. The van der Waals surface area contributed by atoms with Crippen LogP contribution in [0.15, 0.2) is 24.3 Å². The van der Waals surface area contributed by atoms with Gasteiger partial charge in [-0.2, -0.15) is 0 Å². The number of hydrogen-bond acceptors (Lipinski definition) is 15. The Bertz CT molecular complexity index is 2070. The molecule has 0 aromatic carbocycles. The second kappa shape index (κ2) is 77.3. The van der Waals surface area contributed by atoms with Gasteiger partial charge in [-0.05, 0) is 57.3 Å². The summed E-state index contributed by atoms with van der Waals surface area (Å²) in [6, 6.07) is 0.